The first-order valence-corrected chi connectivity index (χ1v) is 18.0. The Morgan fingerprint density at radius 3 is 2.41 bits per heavy atom. The van der Waals surface area contributed by atoms with Crippen molar-refractivity contribution in [2.24, 2.45) is 21.6 Å². The van der Waals surface area contributed by atoms with Gasteiger partial charge in [0.1, 0.15) is 18.6 Å². The predicted octanol–water partition coefficient (Wildman–Crippen LogP) is 7.49. The standard InChI is InChI=1S/C37H40ClF4N9O3/c1-34(2,3)19-37(23-8-5-21(6-9-23)27-17-49(48-47-27)24-10-11-24)31(53)50(33(43)46-37)28(18-54-29(52)16-36(13-14-36)35(4,41)42)22-7-12-26(38)25(15-22)30-44-20-45-51(30)32(39)40/h5-9,12,15,17,20,24,28,32H,10-11,13-14,16,18-19H2,1-4H3,(H2,43,46)/t28-,37-/m1/s1. The molecule has 2 aromatic carbocycles. The number of hydrogen-bond acceptors (Lipinski definition) is 9. The van der Waals surface area contributed by atoms with Crippen molar-refractivity contribution in [3.8, 4) is 22.6 Å². The van der Waals surface area contributed by atoms with E-state index in [1.807, 2.05) is 43.8 Å². The first-order valence-electron chi connectivity index (χ1n) is 17.6. The molecule has 2 aromatic heterocycles. The molecular weight excluding hydrogens is 730 g/mol. The summed E-state index contributed by atoms with van der Waals surface area (Å²) in [5, 5.41) is 12.2. The maximum atomic E-state index is 15.0. The summed E-state index contributed by atoms with van der Waals surface area (Å²) >= 11 is 6.49. The lowest BCUT2D eigenvalue weighted by molar-refractivity contribution is -0.153. The fourth-order valence-corrected chi connectivity index (χ4v) is 7.37. The largest absolute Gasteiger partial charge is 0.463 e. The number of aromatic nitrogens is 6. The van der Waals surface area contributed by atoms with Crippen LogP contribution < -0.4 is 5.73 Å². The molecule has 2 aliphatic carbocycles. The summed E-state index contributed by atoms with van der Waals surface area (Å²) in [6.07, 6.45) is 4.97. The van der Waals surface area contributed by atoms with Crippen LogP contribution in [0.3, 0.4) is 0 Å². The van der Waals surface area contributed by atoms with Crippen LogP contribution in [0.4, 0.5) is 17.6 Å². The zero-order valence-electron chi connectivity index (χ0n) is 30.1. The Morgan fingerprint density at radius 1 is 1.09 bits per heavy atom. The lowest BCUT2D eigenvalue weighted by Gasteiger charge is -2.35. The molecule has 3 heterocycles. The molecule has 54 heavy (non-hydrogen) atoms. The van der Waals surface area contributed by atoms with Gasteiger partial charge in [-0.3, -0.25) is 14.5 Å². The Bertz CT molecular complexity index is 2100. The summed E-state index contributed by atoms with van der Waals surface area (Å²) in [5.74, 6) is -4.96. The van der Waals surface area contributed by atoms with Crippen LogP contribution in [0.1, 0.15) is 96.0 Å². The minimum Gasteiger partial charge on any atom is -0.463 e. The number of hydrogen-bond donors (Lipinski definition) is 1. The molecule has 0 radical (unpaired) electrons. The van der Waals surface area contributed by atoms with E-state index in [9.17, 15) is 22.4 Å². The number of benzene rings is 2. The second-order valence-corrected chi connectivity index (χ2v) is 16.1. The molecule has 0 spiro atoms. The maximum Gasteiger partial charge on any atom is 0.335 e. The topological polar surface area (TPSA) is 146 Å². The summed E-state index contributed by atoms with van der Waals surface area (Å²) < 4.78 is 64.4. The van der Waals surface area contributed by atoms with Gasteiger partial charge < -0.3 is 10.5 Å². The highest BCUT2D eigenvalue weighted by Crippen LogP contribution is 2.59. The average Bonchev–Trinajstić information content (AvgIpc) is 3.97. The highest BCUT2D eigenvalue weighted by Gasteiger charge is 2.60. The van der Waals surface area contributed by atoms with Crippen LogP contribution in [0.5, 0.6) is 0 Å². The third kappa shape index (κ3) is 7.07. The second-order valence-electron chi connectivity index (χ2n) is 15.7. The Kier molecular flexibility index (Phi) is 9.34. The van der Waals surface area contributed by atoms with E-state index in [-0.39, 0.29) is 47.2 Å². The Balaban J connectivity index is 1.26. The van der Waals surface area contributed by atoms with Crippen molar-refractivity contribution < 1.29 is 31.9 Å². The number of halogens is 5. The quantitative estimate of drug-likeness (QED) is 0.109. The molecule has 0 unspecified atom stereocenters. The van der Waals surface area contributed by atoms with Crippen molar-refractivity contribution in [3.63, 3.8) is 0 Å². The first-order chi connectivity index (χ1) is 25.4. The van der Waals surface area contributed by atoms with Gasteiger partial charge in [0.15, 0.2) is 17.3 Å². The number of esters is 1. The summed E-state index contributed by atoms with van der Waals surface area (Å²) in [6, 6.07) is 10.8. The number of carbonyl (C=O) groups excluding carboxylic acids is 2. The molecule has 2 saturated carbocycles. The minimum absolute atomic E-state index is 0.0546. The number of carbonyl (C=O) groups is 2. The van der Waals surface area contributed by atoms with E-state index in [1.165, 1.54) is 23.1 Å². The van der Waals surface area contributed by atoms with Gasteiger partial charge in [-0.1, -0.05) is 67.9 Å². The molecule has 1 aliphatic heterocycles. The van der Waals surface area contributed by atoms with E-state index in [1.54, 1.807) is 12.1 Å². The van der Waals surface area contributed by atoms with Crippen LogP contribution in [0.2, 0.25) is 5.02 Å². The number of alkyl halides is 4. The third-order valence-electron chi connectivity index (χ3n) is 10.4. The van der Waals surface area contributed by atoms with Crippen LogP contribution >= 0.6 is 11.6 Å². The predicted molar refractivity (Wildman–Crippen MR) is 190 cm³/mol. The van der Waals surface area contributed by atoms with Gasteiger partial charge in [0.05, 0.1) is 29.7 Å². The van der Waals surface area contributed by atoms with Crippen LogP contribution in [0.25, 0.3) is 22.6 Å². The van der Waals surface area contributed by atoms with Crippen molar-refractivity contribution >= 4 is 29.4 Å². The molecule has 2 fully saturated rings. The molecular formula is C37H40ClF4N9O3. The summed E-state index contributed by atoms with van der Waals surface area (Å²) in [5.41, 5.74) is 5.50. The van der Waals surface area contributed by atoms with Gasteiger partial charge in [-0.25, -0.2) is 23.4 Å². The van der Waals surface area contributed by atoms with Crippen LogP contribution in [0, 0.1) is 10.8 Å². The number of nitrogens with two attached hydrogens (primary N) is 1. The van der Waals surface area contributed by atoms with Crippen molar-refractivity contribution in [1.29, 1.82) is 0 Å². The smallest absolute Gasteiger partial charge is 0.335 e. The van der Waals surface area contributed by atoms with Gasteiger partial charge in [0, 0.05) is 16.5 Å². The number of aliphatic imine (C=N–C) groups is 1. The molecule has 17 heteroatoms. The monoisotopic (exact) mass is 769 g/mol. The number of nitrogens with zero attached hydrogens (tertiary/aromatic N) is 8. The second kappa shape index (κ2) is 13.5. The number of amides is 1. The van der Waals surface area contributed by atoms with Crippen molar-refractivity contribution in [2.75, 3.05) is 6.61 Å². The number of ether oxygens (including phenoxy) is 1. The highest BCUT2D eigenvalue weighted by atomic mass is 35.5. The van der Waals surface area contributed by atoms with E-state index in [0.717, 1.165) is 31.7 Å². The summed E-state index contributed by atoms with van der Waals surface area (Å²) in [7, 11) is 0. The van der Waals surface area contributed by atoms with Gasteiger partial charge >= 0.3 is 12.5 Å². The van der Waals surface area contributed by atoms with E-state index < -0.39 is 59.8 Å². The average molecular weight is 770 g/mol. The molecule has 3 aliphatic rings. The molecule has 7 rings (SSSR count). The number of guanidine groups is 1. The Morgan fingerprint density at radius 2 is 1.80 bits per heavy atom. The number of rotatable bonds is 13. The van der Waals surface area contributed by atoms with E-state index in [4.69, 9.17) is 27.1 Å². The van der Waals surface area contributed by atoms with E-state index in [0.29, 0.717) is 22.0 Å². The molecule has 0 bridgehead atoms. The maximum absolute atomic E-state index is 15.0. The third-order valence-corrected chi connectivity index (χ3v) is 10.7. The molecule has 2 atom stereocenters. The molecule has 2 N–H and O–H groups in total. The summed E-state index contributed by atoms with van der Waals surface area (Å²) in [6.45, 7) is 3.10. The molecule has 0 saturated heterocycles. The van der Waals surface area contributed by atoms with Gasteiger partial charge in [-0.15, -0.1) is 5.10 Å². The van der Waals surface area contributed by atoms with Gasteiger partial charge in [0.2, 0.25) is 0 Å². The summed E-state index contributed by atoms with van der Waals surface area (Å²) in [4.78, 5) is 38.2. The molecule has 12 nitrogen and oxygen atoms in total. The fraction of sp³-hybridized carbons (Fsp3) is 0.486. The van der Waals surface area contributed by atoms with Gasteiger partial charge in [0.25, 0.3) is 11.8 Å². The molecule has 286 valence electrons. The van der Waals surface area contributed by atoms with Crippen LogP contribution in [0.15, 0.2) is 60.0 Å². The van der Waals surface area contributed by atoms with Gasteiger partial charge in [-0.05, 0) is 67.7 Å². The Hall–Kier alpha value is -4.86. The molecule has 1 amide bonds. The zero-order chi connectivity index (χ0) is 38.8. The van der Waals surface area contributed by atoms with Crippen molar-refractivity contribution in [3.05, 3.63) is 71.1 Å². The SMILES string of the molecule is CC(C)(C)C[C@]1(c2ccc(-c3cn(C4CC4)nn3)cc2)N=C(N)N([C@H](COC(=O)CC2(C(C)(F)F)CC2)c2ccc(Cl)c(-c3ncnn3C(F)F)c2)C1=O. The highest BCUT2D eigenvalue weighted by molar-refractivity contribution is 6.33. The lowest BCUT2D eigenvalue weighted by Crippen LogP contribution is -2.47. The lowest BCUT2D eigenvalue weighted by atomic mass is 9.75. The van der Waals surface area contributed by atoms with E-state index in [2.05, 4.69) is 20.4 Å². The first kappa shape index (κ1) is 37.5. The van der Waals surface area contributed by atoms with Crippen LogP contribution in [-0.4, -0.2) is 65.0 Å². The van der Waals surface area contributed by atoms with Crippen LogP contribution in [-0.2, 0) is 19.9 Å². The van der Waals surface area contributed by atoms with E-state index >= 15 is 4.79 Å². The fourth-order valence-electron chi connectivity index (χ4n) is 7.17. The molecule has 4 aromatic rings. The van der Waals surface area contributed by atoms with Gasteiger partial charge in [-0.2, -0.15) is 18.6 Å². The normalized spacial score (nSPS) is 20.4. The zero-order valence-corrected chi connectivity index (χ0v) is 30.9. The van der Waals surface area contributed by atoms with Crippen molar-refractivity contribution in [2.45, 2.75) is 96.3 Å². The van der Waals surface area contributed by atoms with Crippen molar-refractivity contribution in [1.82, 2.24) is 34.7 Å². The minimum atomic E-state index is -3.10. The Labute approximate surface area is 313 Å².